The van der Waals surface area contributed by atoms with Gasteiger partial charge in [-0.3, -0.25) is 0 Å². The van der Waals surface area contributed by atoms with Crippen molar-refractivity contribution in [3.63, 3.8) is 0 Å². The molecule has 1 unspecified atom stereocenters. The average Bonchev–Trinajstić information content (AvgIpc) is 2.93. The average molecular weight is 297 g/mol. The second kappa shape index (κ2) is 5.89. The van der Waals surface area contributed by atoms with Gasteiger partial charge in [0, 0.05) is 44.1 Å². The van der Waals surface area contributed by atoms with Crippen LogP contribution in [0.1, 0.15) is 17.2 Å². The molecule has 0 fully saturated rings. The van der Waals surface area contributed by atoms with E-state index in [0.29, 0.717) is 6.54 Å². The lowest BCUT2D eigenvalue weighted by Crippen LogP contribution is -2.27. The van der Waals surface area contributed by atoms with E-state index in [9.17, 15) is 0 Å². The second-order valence-electron chi connectivity index (χ2n) is 5.82. The molecule has 0 saturated heterocycles. The van der Waals surface area contributed by atoms with Gasteiger partial charge in [0.2, 0.25) is 0 Å². The first-order valence-corrected chi connectivity index (χ1v) is 7.55. The van der Waals surface area contributed by atoms with Gasteiger partial charge >= 0.3 is 0 Å². The van der Waals surface area contributed by atoms with Crippen LogP contribution in [0.3, 0.4) is 0 Å². The van der Waals surface area contributed by atoms with Gasteiger partial charge in [0.1, 0.15) is 5.75 Å². The molecule has 0 amide bonds. The predicted octanol–water partition coefficient (Wildman–Crippen LogP) is 2.78. The minimum atomic E-state index is 0.197. The Kier molecular flexibility index (Phi) is 3.94. The minimum absolute atomic E-state index is 0.197. The van der Waals surface area contributed by atoms with Gasteiger partial charge in [0.05, 0.1) is 13.2 Å². The number of nitrogens with two attached hydrogens (primary N) is 1. The minimum Gasteiger partial charge on any atom is -0.496 e. The van der Waals surface area contributed by atoms with Gasteiger partial charge < -0.3 is 20.3 Å². The van der Waals surface area contributed by atoms with Crippen molar-refractivity contribution in [2.75, 3.05) is 37.5 Å². The number of hydrogen-bond acceptors (Lipinski definition) is 4. The van der Waals surface area contributed by atoms with Gasteiger partial charge in [0.25, 0.3) is 0 Å². The summed E-state index contributed by atoms with van der Waals surface area (Å²) >= 11 is 0. The number of fused-ring (bicyclic) bond motifs is 1. The first kappa shape index (κ1) is 14.7. The lowest BCUT2D eigenvalue weighted by atomic mass is 10.0. The fourth-order valence-corrected chi connectivity index (χ4v) is 3.18. The number of rotatable bonds is 4. The molecule has 0 spiro atoms. The number of nitrogens with zero attached hydrogens (tertiary/aromatic N) is 2. The van der Waals surface area contributed by atoms with Crippen molar-refractivity contribution in [2.45, 2.75) is 12.6 Å². The van der Waals surface area contributed by atoms with Crippen molar-refractivity contribution >= 4 is 11.4 Å². The molecule has 1 atom stereocenters. The van der Waals surface area contributed by atoms with Crippen LogP contribution >= 0.6 is 0 Å². The largest absolute Gasteiger partial charge is 0.496 e. The van der Waals surface area contributed by atoms with Gasteiger partial charge in [-0.2, -0.15) is 0 Å². The highest BCUT2D eigenvalue weighted by Gasteiger charge is 2.31. The summed E-state index contributed by atoms with van der Waals surface area (Å²) in [7, 11) is 5.84. The molecule has 1 heterocycles. The smallest absolute Gasteiger partial charge is 0.124 e. The molecule has 0 aliphatic carbocycles. The van der Waals surface area contributed by atoms with Crippen LogP contribution in [-0.2, 0) is 6.54 Å². The van der Waals surface area contributed by atoms with Crippen molar-refractivity contribution in [1.29, 1.82) is 0 Å². The third kappa shape index (κ3) is 2.40. The Morgan fingerprint density at radius 3 is 2.68 bits per heavy atom. The van der Waals surface area contributed by atoms with Crippen molar-refractivity contribution < 1.29 is 4.74 Å². The van der Waals surface area contributed by atoms with Crippen LogP contribution in [0.15, 0.2) is 42.5 Å². The summed E-state index contributed by atoms with van der Waals surface area (Å²) in [6, 6.07) is 15.0. The maximum atomic E-state index is 6.07. The molecule has 22 heavy (non-hydrogen) atoms. The fourth-order valence-electron chi connectivity index (χ4n) is 3.18. The zero-order valence-electron chi connectivity index (χ0n) is 13.4. The summed E-state index contributed by atoms with van der Waals surface area (Å²) in [4.78, 5) is 4.48. The SMILES string of the molecule is COc1cccc2c1CN(c1cccc(N(C)C)c1)C2CN. The molecule has 2 aromatic carbocycles. The zero-order valence-corrected chi connectivity index (χ0v) is 13.4. The molecular weight excluding hydrogens is 274 g/mol. The Labute approximate surface area is 132 Å². The Bertz CT molecular complexity index is 669. The Morgan fingerprint density at radius 2 is 2.00 bits per heavy atom. The van der Waals surface area contributed by atoms with E-state index in [2.05, 4.69) is 54.2 Å². The summed E-state index contributed by atoms with van der Waals surface area (Å²) in [6.07, 6.45) is 0. The molecule has 2 aromatic rings. The molecule has 116 valence electrons. The van der Waals surface area contributed by atoms with Crippen LogP contribution in [0.2, 0.25) is 0 Å². The van der Waals surface area contributed by atoms with E-state index in [-0.39, 0.29) is 6.04 Å². The third-order valence-corrected chi connectivity index (χ3v) is 4.35. The Hall–Kier alpha value is -2.20. The Balaban J connectivity index is 2.01. The highest BCUT2D eigenvalue weighted by atomic mass is 16.5. The molecule has 1 aliphatic heterocycles. The number of anilines is 2. The maximum absolute atomic E-state index is 6.07. The summed E-state index contributed by atoms with van der Waals surface area (Å²) in [5.41, 5.74) is 11.0. The number of hydrogen-bond donors (Lipinski definition) is 1. The van der Waals surface area contributed by atoms with E-state index in [1.165, 1.54) is 22.5 Å². The van der Waals surface area contributed by atoms with E-state index >= 15 is 0 Å². The van der Waals surface area contributed by atoms with Gasteiger partial charge in [0.15, 0.2) is 0 Å². The predicted molar refractivity (Wildman–Crippen MR) is 91.7 cm³/mol. The molecule has 2 N–H and O–H groups in total. The standard InChI is InChI=1S/C18H23N3O/c1-20(2)13-6-4-7-14(10-13)21-12-16-15(17(21)11-19)8-5-9-18(16)22-3/h4-10,17H,11-12,19H2,1-3H3. The van der Waals surface area contributed by atoms with Crippen LogP contribution in [-0.4, -0.2) is 27.7 Å². The van der Waals surface area contributed by atoms with E-state index in [1.54, 1.807) is 7.11 Å². The second-order valence-corrected chi connectivity index (χ2v) is 5.82. The van der Waals surface area contributed by atoms with E-state index in [1.807, 2.05) is 12.1 Å². The van der Waals surface area contributed by atoms with Crippen LogP contribution in [0.5, 0.6) is 5.75 Å². The van der Waals surface area contributed by atoms with Crippen LogP contribution < -0.4 is 20.3 Å². The molecule has 4 heteroatoms. The monoisotopic (exact) mass is 297 g/mol. The first-order chi connectivity index (χ1) is 10.7. The van der Waals surface area contributed by atoms with E-state index in [0.717, 1.165) is 12.3 Å². The molecular formula is C18H23N3O. The maximum Gasteiger partial charge on any atom is 0.124 e. The molecule has 0 aromatic heterocycles. The Morgan fingerprint density at radius 1 is 1.23 bits per heavy atom. The van der Waals surface area contributed by atoms with E-state index in [4.69, 9.17) is 10.5 Å². The first-order valence-electron chi connectivity index (χ1n) is 7.55. The highest BCUT2D eigenvalue weighted by molar-refractivity contribution is 5.63. The highest BCUT2D eigenvalue weighted by Crippen LogP contribution is 2.41. The molecule has 3 rings (SSSR count). The van der Waals surface area contributed by atoms with Crippen LogP contribution in [0.25, 0.3) is 0 Å². The number of benzene rings is 2. The molecule has 0 bridgehead atoms. The zero-order chi connectivity index (χ0) is 15.7. The van der Waals surface area contributed by atoms with Gasteiger partial charge in [-0.1, -0.05) is 18.2 Å². The van der Waals surface area contributed by atoms with Gasteiger partial charge in [-0.25, -0.2) is 0 Å². The van der Waals surface area contributed by atoms with Crippen LogP contribution in [0.4, 0.5) is 11.4 Å². The summed E-state index contributed by atoms with van der Waals surface area (Å²) in [6.45, 7) is 1.42. The summed E-state index contributed by atoms with van der Waals surface area (Å²) in [5, 5.41) is 0. The lowest BCUT2D eigenvalue weighted by Gasteiger charge is -2.27. The molecule has 0 saturated carbocycles. The fraction of sp³-hybridized carbons (Fsp3) is 0.333. The van der Waals surface area contributed by atoms with E-state index < -0.39 is 0 Å². The molecule has 0 radical (unpaired) electrons. The third-order valence-electron chi connectivity index (χ3n) is 4.35. The van der Waals surface area contributed by atoms with Crippen molar-refractivity contribution in [3.05, 3.63) is 53.6 Å². The summed E-state index contributed by atoms with van der Waals surface area (Å²) in [5.74, 6) is 0.946. The van der Waals surface area contributed by atoms with Crippen molar-refractivity contribution in [3.8, 4) is 5.75 Å². The van der Waals surface area contributed by atoms with Crippen molar-refractivity contribution in [2.24, 2.45) is 5.73 Å². The quantitative estimate of drug-likeness (QED) is 0.942. The summed E-state index contributed by atoms with van der Waals surface area (Å²) < 4.78 is 5.52. The number of methoxy groups -OCH3 is 1. The van der Waals surface area contributed by atoms with Gasteiger partial charge in [-0.05, 0) is 29.8 Å². The molecule has 1 aliphatic rings. The lowest BCUT2D eigenvalue weighted by molar-refractivity contribution is 0.410. The van der Waals surface area contributed by atoms with Crippen molar-refractivity contribution in [1.82, 2.24) is 0 Å². The topological polar surface area (TPSA) is 41.7 Å². The number of ether oxygens (including phenoxy) is 1. The van der Waals surface area contributed by atoms with Crippen LogP contribution in [0, 0.1) is 0 Å². The van der Waals surface area contributed by atoms with Gasteiger partial charge in [-0.15, -0.1) is 0 Å². The molecule has 4 nitrogen and oxygen atoms in total. The normalized spacial score (nSPS) is 16.5.